The van der Waals surface area contributed by atoms with Gasteiger partial charge in [0.2, 0.25) is 11.9 Å². The molecule has 1 aliphatic heterocycles. The quantitative estimate of drug-likeness (QED) is 0.0369. The maximum atomic E-state index is 15.4. The smallest absolute Gasteiger partial charge is 0.410 e. The van der Waals surface area contributed by atoms with E-state index in [4.69, 9.17) is 14.5 Å². The lowest BCUT2D eigenvalue weighted by Crippen LogP contribution is -2.50. The number of allylic oxidation sites excluding steroid dienone is 2. The minimum atomic E-state index is -1.23. The lowest BCUT2D eigenvalue weighted by molar-refractivity contribution is 0.0141. The molecular formula is C47H56FN11O9S2. The number of carbonyl (C=O) groups is 5. The largest absolute Gasteiger partial charge is 0.491 e. The Bertz CT molecular complexity index is 3010. The van der Waals surface area contributed by atoms with Gasteiger partial charge < -0.3 is 33.7 Å². The molecule has 1 saturated heterocycles. The van der Waals surface area contributed by atoms with Crippen molar-refractivity contribution >= 4 is 86.9 Å². The first-order valence-electron chi connectivity index (χ1n) is 22.7. The second-order valence-corrected chi connectivity index (χ2v) is 19.5. The number of anilines is 2. The number of piperazine rings is 1. The van der Waals surface area contributed by atoms with Crippen LogP contribution in [0.3, 0.4) is 0 Å². The summed E-state index contributed by atoms with van der Waals surface area (Å²) >= 11 is 2.58. The Kier molecular flexibility index (Phi) is 15.6. The number of thiazole rings is 1. The number of ether oxygens (including phenoxy) is 2. The van der Waals surface area contributed by atoms with E-state index in [1.807, 2.05) is 40.9 Å². The van der Waals surface area contributed by atoms with E-state index in [1.54, 1.807) is 39.2 Å². The molecule has 0 saturated carbocycles. The van der Waals surface area contributed by atoms with E-state index in [0.717, 1.165) is 5.01 Å². The molecule has 4 aromatic heterocycles. The lowest BCUT2D eigenvalue weighted by atomic mass is 10.2. The van der Waals surface area contributed by atoms with E-state index in [1.165, 1.54) is 52.9 Å². The highest BCUT2D eigenvalue weighted by Gasteiger charge is 2.28. The summed E-state index contributed by atoms with van der Waals surface area (Å²) in [5.41, 5.74) is 1.17. The van der Waals surface area contributed by atoms with Crippen LogP contribution >= 0.6 is 23.1 Å². The summed E-state index contributed by atoms with van der Waals surface area (Å²) in [5, 5.41) is 30.6. The van der Waals surface area contributed by atoms with E-state index in [0.29, 0.717) is 77.6 Å². The number of aromatic nitrogens is 7. The molecule has 6 aromatic rings. The van der Waals surface area contributed by atoms with Crippen LogP contribution in [0.4, 0.5) is 21.1 Å². The Morgan fingerprint density at radius 3 is 2.04 bits per heavy atom. The Labute approximate surface area is 410 Å². The number of benzene rings is 2. The molecule has 0 aliphatic carbocycles. The van der Waals surface area contributed by atoms with Gasteiger partial charge in [-0.3, -0.25) is 29.8 Å². The molecule has 372 valence electrons. The number of fused-ring (bicyclic) bond motifs is 2. The van der Waals surface area contributed by atoms with E-state index >= 15 is 4.39 Å². The third-order valence-electron chi connectivity index (χ3n) is 11.3. The van der Waals surface area contributed by atoms with E-state index < -0.39 is 35.2 Å². The fraction of sp³-hybridized carbons (Fsp3) is 0.426. The minimum Gasteiger partial charge on any atom is -0.491 e. The number of carbonyl (C=O) groups excluding carboxylic acids is 3. The maximum absolute atomic E-state index is 15.4. The van der Waals surface area contributed by atoms with Crippen LogP contribution in [0, 0.1) is 19.7 Å². The Morgan fingerprint density at radius 2 is 1.46 bits per heavy atom. The highest BCUT2D eigenvalue weighted by Crippen LogP contribution is 2.34. The number of hydrogen-bond acceptors (Lipinski definition) is 14. The summed E-state index contributed by atoms with van der Waals surface area (Å²) in [6, 6.07) is 5.75. The van der Waals surface area contributed by atoms with Crippen molar-refractivity contribution in [3.8, 4) is 5.75 Å². The average Bonchev–Trinajstić information content (AvgIpc) is 4.06. The second-order valence-electron chi connectivity index (χ2n) is 17.4. The number of rotatable bonds is 18. The number of nitrogens with zero attached hydrogens (tertiary/aromatic N) is 9. The number of thioether (sulfide) groups is 1. The van der Waals surface area contributed by atoms with Gasteiger partial charge in [-0.05, 0) is 84.9 Å². The van der Waals surface area contributed by atoms with E-state index in [2.05, 4.69) is 30.6 Å². The van der Waals surface area contributed by atoms with Crippen molar-refractivity contribution < 1.29 is 48.0 Å². The van der Waals surface area contributed by atoms with Crippen LogP contribution in [-0.2, 0) is 30.8 Å². The number of carboxylic acids is 2. The highest BCUT2D eigenvalue weighted by molar-refractivity contribution is 7.98. The van der Waals surface area contributed by atoms with Gasteiger partial charge in [0.05, 0.1) is 50.7 Å². The van der Waals surface area contributed by atoms with Crippen LogP contribution in [-0.4, -0.2) is 135 Å². The zero-order valence-corrected chi connectivity index (χ0v) is 41.8. The molecule has 23 heteroatoms. The summed E-state index contributed by atoms with van der Waals surface area (Å²) in [5.74, 6) is -4.08. The van der Waals surface area contributed by atoms with Crippen LogP contribution in [0.2, 0.25) is 0 Å². The van der Waals surface area contributed by atoms with Gasteiger partial charge in [0.25, 0.3) is 11.8 Å². The van der Waals surface area contributed by atoms with Gasteiger partial charge in [-0.1, -0.05) is 19.1 Å². The topological polar surface area (TPSA) is 241 Å². The lowest BCUT2D eigenvalue weighted by Gasteiger charge is -2.35. The summed E-state index contributed by atoms with van der Waals surface area (Å²) < 4.78 is 31.9. The molecule has 3 amide bonds. The maximum Gasteiger partial charge on any atom is 0.410 e. The zero-order valence-electron chi connectivity index (χ0n) is 40.2. The predicted octanol–water partition coefficient (Wildman–Crippen LogP) is 7.58. The molecule has 0 unspecified atom stereocenters. The normalized spacial score (nSPS) is 13.4. The van der Waals surface area contributed by atoms with E-state index in [9.17, 15) is 34.2 Å². The van der Waals surface area contributed by atoms with Crippen molar-refractivity contribution in [2.24, 2.45) is 0 Å². The molecule has 20 nitrogen and oxygen atoms in total. The van der Waals surface area contributed by atoms with Gasteiger partial charge in [-0.25, -0.2) is 33.7 Å². The Balaban J connectivity index is 1.20. The Morgan fingerprint density at radius 1 is 0.857 bits per heavy atom. The fourth-order valence-corrected chi connectivity index (χ4v) is 9.60. The summed E-state index contributed by atoms with van der Waals surface area (Å²) in [7, 11) is 0. The minimum absolute atomic E-state index is 0.0260. The molecular weight excluding hydrogens is 946 g/mol. The molecule has 1 fully saturated rings. The second kappa shape index (κ2) is 21.4. The zero-order chi connectivity index (χ0) is 50.6. The highest BCUT2D eigenvalue weighted by atomic mass is 32.2. The number of aromatic carboxylic acids is 2. The van der Waals surface area contributed by atoms with Crippen molar-refractivity contribution in [3.63, 3.8) is 0 Å². The predicted molar refractivity (Wildman–Crippen MR) is 263 cm³/mol. The third kappa shape index (κ3) is 11.3. The molecule has 70 heavy (non-hydrogen) atoms. The molecule has 1 aliphatic rings. The fourth-order valence-electron chi connectivity index (χ4n) is 8.04. The van der Waals surface area contributed by atoms with Gasteiger partial charge in [-0.15, -0.1) is 23.1 Å². The van der Waals surface area contributed by atoms with Crippen LogP contribution in [0.5, 0.6) is 5.75 Å². The standard InChI is InChI=1S/C47H56FN11O9S2/c1-9-30-39(70-27(4)49-30)41(61)53-45-51-32-23-29(43(64)65)25-34(69-8)37(32)58(45)16-12-11-15-57-36-31(50-44(57)52-40(60)38-35(48)26(3)54-59(38)10-2)22-28(42(62)63)24-33(36)67-21-13-14-55-17-19-56(20-18-55)46(66)68-47(5,6)7/h11-12,22-25H,9-10,13-21H2,1-8H3,(H,62,63)(H,64,65)(H,50,52,60)(H,51,53,61)/b12-11+. The van der Waals surface area contributed by atoms with Gasteiger partial charge in [0, 0.05) is 57.3 Å². The third-order valence-corrected chi connectivity index (χ3v) is 13.1. The summed E-state index contributed by atoms with van der Waals surface area (Å²) in [6.07, 6.45) is 6.11. The average molecular weight is 1000 g/mol. The monoisotopic (exact) mass is 1000 g/mol. The number of carboxylic acid groups (broad SMARTS) is 2. The number of amides is 3. The number of halogens is 1. The number of imidazole rings is 2. The first kappa shape index (κ1) is 51.0. The molecule has 7 rings (SSSR count). The van der Waals surface area contributed by atoms with Crippen LogP contribution in [0.1, 0.15) is 98.3 Å². The van der Waals surface area contributed by atoms with Gasteiger partial charge >= 0.3 is 18.0 Å². The van der Waals surface area contributed by atoms with Crippen molar-refractivity contribution in [1.29, 1.82) is 0 Å². The van der Waals surface area contributed by atoms with Crippen molar-refractivity contribution in [1.82, 2.24) is 43.7 Å². The molecule has 0 atom stereocenters. The van der Waals surface area contributed by atoms with Gasteiger partial charge in [-0.2, -0.15) is 5.10 Å². The SMILES string of the molecule is CCc1nc(C)sc1C(=O)Nc1nc2cc(C(=O)O)cc(SC)c2n1C/C=C/Cn1c(NC(=O)c2c(F)c(C)nn2CC)nc2cc(C(=O)O)cc(OCCCN3CCN(C(=O)OC(C)(C)C)CC3)c21. The molecule has 0 radical (unpaired) electrons. The van der Waals surface area contributed by atoms with Crippen LogP contribution < -0.4 is 15.4 Å². The molecule has 2 aromatic carbocycles. The number of aryl methyl sites for hydroxylation is 4. The molecule has 4 N–H and O–H groups in total. The van der Waals surface area contributed by atoms with Gasteiger partial charge in [0.15, 0.2) is 11.5 Å². The molecule has 0 spiro atoms. The Hall–Kier alpha value is -6.85. The van der Waals surface area contributed by atoms with E-state index in [-0.39, 0.29) is 78.0 Å². The van der Waals surface area contributed by atoms with Crippen LogP contribution in [0.15, 0.2) is 41.3 Å². The van der Waals surface area contributed by atoms with Crippen LogP contribution in [0.25, 0.3) is 22.1 Å². The molecule has 5 heterocycles. The number of hydrogen-bond donors (Lipinski definition) is 4. The first-order valence-corrected chi connectivity index (χ1v) is 24.7. The van der Waals surface area contributed by atoms with Crippen molar-refractivity contribution in [2.75, 3.05) is 56.2 Å². The number of nitrogens with one attached hydrogen (secondary N) is 2. The first-order chi connectivity index (χ1) is 33.3. The molecule has 0 bridgehead atoms. The van der Waals surface area contributed by atoms with Gasteiger partial charge in [0.1, 0.15) is 21.7 Å². The van der Waals surface area contributed by atoms with Crippen molar-refractivity contribution in [3.05, 3.63) is 80.3 Å². The summed E-state index contributed by atoms with van der Waals surface area (Å²) in [4.78, 5) is 83.6. The van der Waals surface area contributed by atoms with Crippen molar-refractivity contribution in [2.45, 2.75) is 91.4 Å². The summed E-state index contributed by atoms with van der Waals surface area (Å²) in [6.45, 7) is 15.8.